The molecule has 0 saturated heterocycles. The van der Waals surface area contributed by atoms with E-state index in [-0.39, 0.29) is 18.9 Å². The van der Waals surface area contributed by atoms with Crippen LogP contribution >= 0.6 is 11.8 Å². The average molecular weight is 554 g/mol. The number of hydrogen-bond donors (Lipinski definition) is 1. The molecule has 204 valence electrons. The maximum absolute atomic E-state index is 13.3. The van der Waals surface area contributed by atoms with E-state index in [1.165, 1.54) is 11.8 Å². The first-order valence-corrected chi connectivity index (χ1v) is 14.1. The Balaban J connectivity index is 1.41. The van der Waals surface area contributed by atoms with E-state index in [0.29, 0.717) is 30.2 Å². The average Bonchev–Trinajstić information content (AvgIpc) is 3.37. The van der Waals surface area contributed by atoms with Crippen molar-refractivity contribution in [3.05, 3.63) is 124 Å². The molecule has 0 aromatic heterocycles. The molecule has 1 N–H and O–H groups in total. The Morgan fingerprint density at radius 3 is 2.42 bits per heavy atom. The molecule has 3 aromatic carbocycles. The number of aliphatic imine (C=N–C) groups is 1. The molecule has 5 rings (SSSR count). The Morgan fingerprint density at radius 2 is 1.70 bits per heavy atom. The minimum Gasteiger partial charge on any atom is -0.489 e. The third kappa shape index (κ3) is 6.29. The summed E-state index contributed by atoms with van der Waals surface area (Å²) in [4.78, 5) is 32.9. The number of thioether (sulfide) groups is 1. The van der Waals surface area contributed by atoms with Gasteiger partial charge in [-0.2, -0.15) is 0 Å². The minimum atomic E-state index is -0.519. The van der Waals surface area contributed by atoms with E-state index >= 15 is 0 Å². The maximum Gasteiger partial charge on any atom is 0.338 e. The van der Waals surface area contributed by atoms with Crippen molar-refractivity contribution in [2.75, 3.05) is 6.61 Å². The van der Waals surface area contributed by atoms with Crippen LogP contribution in [0.25, 0.3) is 0 Å². The Labute approximate surface area is 238 Å². The van der Waals surface area contributed by atoms with Gasteiger partial charge in [0.15, 0.2) is 5.17 Å². The molecule has 0 bridgehead atoms. The molecule has 0 spiro atoms. The number of nitrogens with one attached hydrogen (secondary N) is 1. The molecule has 0 radical (unpaired) electrons. The van der Waals surface area contributed by atoms with Gasteiger partial charge in [-0.3, -0.25) is 4.79 Å². The Hall–Kier alpha value is -4.30. The summed E-state index contributed by atoms with van der Waals surface area (Å²) < 4.78 is 11.6. The van der Waals surface area contributed by atoms with E-state index in [9.17, 15) is 9.59 Å². The van der Waals surface area contributed by atoms with E-state index in [0.717, 1.165) is 27.6 Å². The van der Waals surface area contributed by atoms with Crippen LogP contribution in [0, 0.1) is 0 Å². The Kier molecular flexibility index (Phi) is 8.66. The van der Waals surface area contributed by atoms with Crippen molar-refractivity contribution >= 4 is 28.8 Å². The van der Waals surface area contributed by atoms with Gasteiger partial charge < -0.3 is 19.7 Å². The lowest BCUT2D eigenvalue weighted by Gasteiger charge is -2.36. The first-order valence-electron chi connectivity index (χ1n) is 13.2. The fourth-order valence-electron chi connectivity index (χ4n) is 4.69. The number of carbonyl (C=O) groups is 2. The molecule has 0 aliphatic carbocycles. The third-order valence-electron chi connectivity index (χ3n) is 6.59. The lowest BCUT2D eigenvalue weighted by atomic mass is 9.93. The first-order chi connectivity index (χ1) is 19.5. The standard InChI is InChI=1S/C32H31N3O4S/c1-3-38-31(37)29-22(2)34-32-35(26(21-40-32)18-28(36)33-19-23-11-6-4-7-12-23)30(29)25-15-10-16-27(17-25)39-20-24-13-8-5-9-14-24/h4-17,21,30H,3,18-20H2,1-2H3,(H,33,36)/t30-/m0/s1. The summed E-state index contributed by atoms with van der Waals surface area (Å²) in [5, 5.41) is 5.66. The van der Waals surface area contributed by atoms with E-state index in [2.05, 4.69) is 5.32 Å². The molecule has 0 saturated carbocycles. The van der Waals surface area contributed by atoms with Crippen molar-refractivity contribution in [1.29, 1.82) is 0 Å². The van der Waals surface area contributed by atoms with Crippen LogP contribution in [0.4, 0.5) is 0 Å². The van der Waals surface area contributed by atoms with Crippen LogP contribution in [0.15, 0.2) is 112 Å². The van der Waals surface area contributed by atoms with E-state index in [1.54, 1.807) is 6.92 Å². The highest BCUT2D eigenvalue weighted by atomic mass is 32.2. The summed E-state index contributed by atoms with van der Waals surface area (Å²) in [6.45, 7) is 4.72. The highest BCUT2D eigenvalue weighted by Crippen LogP contribution is 2.45. The first kappa shape index (κ1) is 27.3. The predicted octanol–water partition coefficient (Wildman–Crippen LogP) is 6.11. The number of fused-ring (bicyclic) bond motifs is 1. The lowest BCUT2D eigenvalue weighted by molar-refractivity contribution is -0.139. The van der Waals surface area contributed by atoms with Crippen LogP contribution in [0.5, 0.6) is 5.75 Å². The van der Waals surface area contributed by atoms with Crippen molar-refractivity contribution in [2.45, 2.75) is 39.5 Å². The van der Waals surface area contributed by atoms with Crippen LogP contribution in [-0.2, 0) is 27.5 Å². The number of benzene rings is 3. The number of ether oxygens (including phenoxy) is 2. The Bertz CT molecular complexity index is 1470. The number of esters is 1. The van der Waals surface area contributed by atoms with Gasteiger partial charge in [0.2, 0.25) is 5.91 Å². The van der Waals surface area contributed by atoms with Crippen LogP contribution in [0.3, 0.4) is 0 Å². The number of amides is 1. The largest absolute Gasteiger partial charge is 0.489 e. The van der Waals surface area contributed by atoms with Gasteiger partial charge >= 0.3 is 5.97 Å². The van der Waals surface area contributed by atoms with Gasteiger partial charge in [0.25, 0.3) is 0 Å². The molecule has 0 fully saturated rings. The van der Waals surface area contributed by atoms with Gasteiger partial charge in [0.05, 0.1) is 30.3 Å². The van der Waals surface area contributed by atoms with Crippen molar-refractivity contribution in [3.63, 3.8) is 0 Å². The lowest BCUT2D eigenvalue weighted by Crippen LogP contribution is -2.38. The number of amidine groups is 1. The monoisotopic (exact) mass is 553 g/mol. The summed E-state index contributed by atoms with van der Waals surface area (Å²) in [5.74, 6) is 0.150. The zero-order chi connectivity index (χ0) is 27.9. The number of carbonyl (C=O) groups excluding carboxylic acids is 2. The van der Waals surface area contributed by atoms with E-state index < -0.39 is 12.0 Å². The quantitative estimate of drug-likeness (QED) is 0.305. The fraction of sp³-hybridized carbons (Fsp3) is 0.219. The van der Waals surface area contributed by atoms with Crippen LogP contribution in [0.1, 0.15) is 43.0 Å². The fourth-order valence-corrected chi connectivity index (χ4v) is 5.66. The number of hydrogen-bond acceptors (Lipinski definition) is 7. The van der Waals surface area contributed by atoms with Crippen molar-refractivity contribution in [3.8, 4) is 5.75 Å². The van der Waals surface area contributed by atoms with Crippen molar-refractivity contribution < 1.29 is 19.1 Å². The molecule has 1 amide bonds. The molecule has 1 atom stereocenters. The van der Waals surface area contributed by atoms with Gasteiger partial charge in [-0.25, -0.2) is 9.79 Å². The van der Waals surface area contributed by atoms with Gasteiger partial charge in [-0.1, -0.05) is 84.6 Å². The summed E-state index contributed by atoms with van der Waals surface area (Å²) in [6, 6.07) is 26.9. The molecule has 8 heteroatoms. The molecule has 40 heavy (non-hydrogen) atoms. The second kappa shape index (κ2) is 12.7. The van der Waals surface area contributed by atoms with Gasteiger partial charge in [0, 0.05) is 12.2 Å². The minimum absolute atomic E-state index is 0.111. The van der Waals surface area contributed by atoms with Gasteiger partial charge in [-0.05, 0) is 48.1 Å². The SMILES string of the molecule is CCOC(=O)C1=C(C)N=C2SC=C(CC(=O)NCc3ccccc3)N2[C@H]1c1cccc(OCc2ccccc2)c1. The smallest absolute Gasteiger partial charge is 0.338 e. The molecule has 7 nitrogen and oxygen atoms in total. The topological polar surface area (TPSA) is 80.2 Å². The number of allylic oxidation sites excluding steroid dienone is 1. The van der Waals surface area contributed by atoms with Crippen molar-refractivity contribution in [1.82, 2.24) is 10.2 Å². The summed E-state index contributed by atoms with van der Waals surface area (Å²) in [5.41, 5.74) is 4.75. The Morgan fingerprint density at radius 1 is 0.975 bits per heavy atom. The molecule has 2 heterocycles. The molecular weight excluding hydrogens is 522 g/mol. The second-order valence-electron chi connectivity index (χ2n) is 9.40. The van der Waals surface area contributed by atoms with E-state index in [4.69, 9.17) is 14.5 Å². The zero-order valence-electron chi connectivity index (χ0n) is 22.5. The molecular formula is C32H31N3O4S. The molecule has 3 aromatic rings. The summed E-state index contributed by atoms with van der Waals surface area (Å²) >= 11 is 1.45. The molecule has 2 aliphatic heterocycles. The highest BCUT2D eigenvalue weighted by molar-refractivity contribution is 8.16. The third-order valence-corrected chi connectivity index (χ3v) is 7.48. The molecule has 2 aliphatic rings. The summed E-state index contributed by atoms with van der Waals surface area (Å²) in [6.07, 6.45) is 0.148. The van der Waals surface area contributed by atoms with E-state index in [1.807, 2.05) is 102 Å². The van der Waals surface area contributed by atoms with Crippen LogP contribution < -0.4 is 10.1 Å². The van der Waals surface area contributed by atoms with Crippen LogP contribution in [-0.4, -0.2) is 28.6 Å². The van der Waals surface area contributed by atoms with Gasteiger partial charge in [0.1, 0.15) is 12.4 Å². The highest BCUT2D eigenvalue weighted by Gasteiger charge is 2.41. The van der Waals surface area contributed by atoms with Crippen molar-refractivity contribution in [2.24, 2.45) is 4.99 Å². The molecule has 0 unspecified atom stereocenters. The zero-order valence-corrected chi connectivity index (χ0v) is 23.3. The normalized spacial score (nSPS) is 16.1. The predicted molar refractivity (Wildman–Crippen MR) is 157 cm³/mol. The van der Waals surface area contributed by atoms with Crippen LogP contribution in [0.2, 0.25) is 0 Å². The van der Waals surface area contributed by atoms with Gasteiger partial charge in [-0.15, -0.1) is 0 Å². The summed E-state index contributed by atoms with van der Waals surface area (Å²) in [7, 11) is 0. The second-order valence-corrected chi connectivity index (χ2v) is 10.2. The maximum atomic E-state index is 13.3. The number of nitrogens with zero attached hydrogens (tertiary/aromatic N) is 2. The number of rotatable bonds is 10.